The highest BCUT2D eigenvalue weighted by Crippen LogP contribution is 2.35. The number of hydrogen-bond acceptors (Lipinski definition) is 3. The lowest BCUT2D eigenvalue weighted by molar-refractivity contribution is -0.212. The van der Waals surface area contributed by atoms with Crippen molar-refractivity contribution in [1.29, 1.82) is 0 Å². The number of halogens is 6. The first kappa shape index (κ1) is 15.9. The molecule has 0 aliphatic carbocycles. The van der Waals surface area contributed by atoms with Gasteiger partial charge < -0.3 is 9.71 Å². The van der Waals surface area contributed by atoms with Gasteiger partial charge >= 0.3 is 6.30 Å². The van der Waals surface area contributed by atoms with Crippen molar-refractivity contribution in [3.8, 4) is 0 Å². The zero-order valence-corrected chi connectivity index (χ0v) is 12.5. The van der Waals surface area contributed by atoms with Crippen LogP contribution in [-0.2, 0) is 6.30 Å². The number of aromatic nitrogens is 3. The highest BCUT2D eigenvalue weighted by Gasteiger charge is 2.35. The van der Waals surface area contributed by atoms with Crippen molar-refractivity contribution in [1.82, 2.24) is 14.8 Å². The number of nitrogens with zero attached hydrogens (tertiary/aromatic N) is 2. The van der Waals surface area contributed by atoms with E-state index < -0.39 is 23.1 Å². The van der Waals surface area contributed by atoms with Crippen LogP contribution in [0.5, 0.6) is 0 Å². The summed E-state index contributed by atoms with van der Waals surface area (Å²) in [4.78, 5) is 3.02. The van der Waals surface area contributed by atoms with Crippen LogP contribution in [0.4, 0.5) is 27.6 Å². The summed E-state index contributed by atoms with van der Waals surface area (Å²) in [6, 6.07) is 2.32. The summed E-state index contributed by atoms with van der Waals surface area (Å²) >= 11 is 6.49. The fraction of sp³-hybridized carbons (Fsp3) is 0.0833. The average molecular weight is 369 g/mol. The van der Waals surface area contributed by atoms with E-state index in [-0.39, 0.29) is 15.9 Å². The molecule has 2 N–H and O–H groups in total. The zero-order valence-electron chi connectivity index (χ0n) is 10.9. The van der Waals surface area contributed by atoms with E-state index in [1.54, 1.807) is 0 Å². The van der Waals surface area contributed by atoms with Crippen LogP contribution >= 0.6 is 23.5 Å². The van der Waals surface area contributed by atoms with Crippen LogP contribution in [-0.4, -0.2) is 14.8 Å². The zero-order chi connectivity index (χ0) is 16.8. The normalized spacial score (nSPS) is 12.1. The Labute approximate surface area is 134 Å². The van der Waals surface area contributed by atoms with Crippen LogP contribution in [0.25, 0.3) is 10.9 Å². The van der Waals surface area contributed by atoms with Crippen LogP contribution < -0.4 is 4.72 Å². The van der Waals surface area contributed by atoms with Gasteiger partial charge in [0.1, 0.15) is 5.69 Å². The number of nitrogens with one attached hydrogen (secondary N) is 2. The highest BCUT2D eigenvalue weighted by atomic mass is 35.5. The predicted molar refractivity (Wildman–Crippen MR) is 76.2 cm³/mol. The number of anilines is 1. The standard InChI is InChI=1S/C12H6ClF5N4S/c13-11-7(3-20-22(11)12(16,17)18)21-23-8-4-19-10-5(8)1-2-6(14)9(10)15/h1-4,19,21H. The van der Waals surface area contributed by atoms with Gasteiger partial charge in [-0.3, -0.25) is 0 Å². The van der Waals surface area contributed by atoms with Gasteiger partial charge in [-0.05, 0) is 24.1 Å². The fourth-order valence-electron chi connectivity index (χ4n) is 1.89. The predicted octanol–water partition coefficient (Wildman–Crippen LogP) is 4.89. The van der Waals surface area contributed by atoms with Gasteiger partial charge in [0.25, 0.3) is 0 Å². The molecule has 0 saturated heterocycles. The van der Waals surface area contributed by atoms with Crippen LogP contribution in [0, 0.1) is 11.6 Å². The molecule has 0 radical (unpaired) electrons. The maximum Gasteiger partial charge on any atom is 0.505 e. The molecule has 3 rings (SSSR count). The minimum atomic E-state index is -4.73. The number of H-pyrrole nitrogens is 1. The number of alkyl halides is 3. The lowest BCUT2D eigenvalue weighted by Crippen LogP contribution is -2.18. The van der Waals surface area contributed by atoms with Crippen molar-refractivity contribution < 1.29 is 22.0 Å². The molecule has 11 heteroatoms. The lowest BCUT2D eigenvalue weighted by Gasteiger charge is -2.07. The molecule has 4 nitrogen and oxygen atoms in total. The summed E-state index contributed by atoms with van der Waals surface area (Å²) in [5, 5.41) is 2.88. The molecule has 0 aliphatic heterocycles. The third-order valence-corrected chi connectivity index (χ3v) is 4.17. The summed E-state index contributed by atoms with van der Waals surface area (Å²) in [6.45, 7) is 0. The van der Waals surface area contributed by atoms with E-state index in [1.165, 1.54) is 12.3 Å². The highest BCUT2D eigenvalue weighted by molar-refractivity contribution is 8.00. The molecule has 0 aliphatic rings. The molecular formula is C12H6ClF5N4S. The van der Waals surface area contributed by atoms with E-state index in [2.05, 4.69) is 14.8 Å². The molecule has 0 atom stereocenters. The third kappa shape index (κ3) is 2.83. The number of fused-ring (bicyclic) bond motifs is 1. The number of hydrogen-bond donors (Lipinski definition) is 2. The van der Waals surface area contributed by atoms with E-state index in [9.17, 15) is 22.0 Å². The molecule has 122 valence electrons. The minimum Gasteiger partial charge on any atom is -0.358 e. The van der Waals surface area contributed by atoms with Crippen LogP contribution in [0.15, 0.2) is 29.4 Å². The first-order chi connectivity index (χ1) is 10.8. The van der Waals surface area contributed by atoms with Gasteiger partial charge in [-0.15, -0.1) is 13.2 Å². The Balaban J connectivity index is 1.85. The largest absolute Gasteiger partial charge is 0.505 e. The van der Waals surface area contributed by atoms with Crippen LogP contribution in [0.3, 0.4) is 0 Å². The lowest BCUT2D eigenvalue weighted by atomic mass is 10.2. The summed E-state index contributed by atoms with van der Waals surface area (Å²) in [6.07, 6.45) is -2.42. The van der Waals surface area contributed by atoms with Crippen LogP contribution in [0.2, 0.25) is 5.15 Å². The SMILES string of the molecule is Fc1ccc2c(SNc3cnn(C(F)(F)F)c3Cl)c[nH]c2c1F. The quantitative estimate of drug-likeness (QED) is 0.511. The van der Waals surface area contributed by atoms with Gasteiger partial charge in [-0.1, -0.05) is 11.6 Å². The molecule has 0 spiro atoms. The Kier molecular flexibility index (Phi) is 3.88. The van der Waals surface area contributed by atoms with Gasteiger partial charge in [0.15, 0.2) is 16.8 Å². The number of aromatic amines is 1. The molecule has 23 heavy (non-hydrogen) atoms. The maximum atomic E-state index is 13.6. The molecule has 0 fully saturated rings. The monoisotopic (exact) mass is 368 g/mol. The smallest absolute Gasteiger partial charge is 0.358 e. The minimum absolute atomic E-state index is 0.0358. The van der Waals surface area contributed by atoms with Crippen molar-refractivity contribution in [2.24, 2.45) is 0 Å². The topological polar surface area (TPSA) is 45.6 Å². The van der Waals surface area contributed by atoms with E-state index >= 15 is 0 Å². The third-order valence-electron chi connectivity index (χ3n) is 2.93. The van der Waals surface area contributed by atoms with E-state index in [0.717, 1.165) is 24.2 Å². The second-order valence-electron chi connectivity index (χ2n) is 4.37. The van der Waals surface area contributed by atoms with E-state index in [1.807, 2.05) is 0 Å². The molecule has 0 unspecified atom stereocenters. The molecule has 0 amide bonds. The first-order valence-corrected chi connectivity index (χ1v) is 7.17. The first-order valence-electron chi connectivity index (χ1n) is 5.97. The Morgan fingerprint density at radius 2 is 2.00 bits per heavy atom. The number of rotatable bonds is 3. The van der Waals surface area contributed by atoms with Crippen molar-refractivity contribution in [3.63, 3.8) is 0 Å². The van der Waals surface area contributed by atoms with Crippen molar-refractivity contribution in [2.75, 3.05) is 4.72 Å². The van der Waals surface area contributed by atoms with Gasteiger partial charge in [-0.25, -0.2) is 8.78 Å². The molecule has 2 aromatic heterocycles. The summed E-state index contributed by atoms with van der Waals surface area (Å²) in [5.74, 6) is -2.03. The second kappa shape index (κ2) is 5.60. The molecule has 0 bridgehead atoms. The Bertz CT molecular complexity index is 872. The molecule has 2 heterocycles. The summed E-state index contributed by atoms with van der Waals surface area (Å²) in [7, 11) is 0. The Morgan fingerprint density at radius 1 is 1.26 bits per heavy atom. The average Bonchev–Trinajstić information content (AvgIpc) is 3.04. The second-order valence-corrected chi connectivity index (χ2v) is 5.58. The van der Waals surface area contributed by atoms with E-state index in [4.69, 9.17) is 11.6 Å². The van der Waals surface area contributed by atoms with Crippen molar-refractivity contribution >= 4 is 40.1 Å². The van der Waals surface area contributed by atoms with E-state index in [0.29, 0.717) is 10.3 Å². The molecule has 0 saturated carbocycles. The van der Waals surface area contributed by atoms with Crippen molar-refractivity contribution in [3.05, 3.63) is 41.3 Å². The Morgan fingerprint density at radius 3 is 2.65 bits per heavy atom. The summed E-state index contributed by atoms with van der Waals surface area (Å²) in [5.41, 5.74) is -0.0997. The molecule has 1 aromatic carbocycles. The fourth-order valence-corrected chi connectivity index (χ4v) is 2.94. The Hall–Kier alpha value is -1.94. The van der Waals surface area contributed by atoms with Crippen LogP contribution in [0.1, 0.15) is 0 Å². The van der Waals surface area contributed by atoms with Gasteiger partial charge in [0.05, 0.1) is 16.6 Å². The molecular weight excluding hydrogens is 363 g/mol. The van der Waals surface area contributed by atoms with Gasteiger partial charge in [0.2, 0.25) is 0 Å². The maximum absolute atomic E-state index is 13.6. The van der Waals surface area contributed by atoms with Gasteiger partial charge in [-0.2, -0.15) is 9.78 Å². The number of benzene rings is 1. The van der Waals surface area contributed by atoms with Gasteiger partial charge in [0, 0.05) is 11.6 Å². The summed E-state index contributed by atoms with van der Waals surface area (Å²) < 4.78 is 66.7. The molecule has 3 aromatic rings. The van der Waals surface area contributed by atoms with Crippen molar-refractivity contribution in [2.45, 2.75) is 11.2 Å².